The summed E-state index contributed by atoms with van der Waals surface area (Å²) in [6.07, 6.45) is 21.8. The molecule has 0 saturated carbocycles. The van der Waals surface area contributed by atoms with E-state index < -0.39 is 0 Å². The van der Waals surface area contributed by atoms with Crippen LogP contribution in [0.1, 0.15) is 103 Å². The van der Waals surface area contributed by atoms with E-state index in [1.165, 1.54) is 103 Å². The van der Waals surface area contributed by atoms with E-state index >= 15 is 0 Å². The Labute approximate surface area is 135 Å². The van der Waals surface area contributed by atoms with Crippen molar-refractivity contribution < 1.29 is 5.48 Å². The van der Waals surface area contributed by atoms with Gasteiger partial charge in [0.15, 0.2) is 0 Å². The van der Waals surface area contributed by atoms with E-state index in [0.717, 1.165) is 0 Å². The van der Waals surface area contributed by atoms with Crippen LogP contribution in [0.2, 0.25) is 0 Å². The highest BCUT2D eigenvalue weighted by Gasteiger charge is 1.94. The van der Waals surface area contributed by atoms with E-state index in [1.807, 2.05) is 0 Å². The molecule has 0 spiro atoms. The van der Waals surface area contributed by atoms with Crippen LogP contribution in [-0.4, -0.2) is 31.0 Å². The molecule has 0 aromatic carbocycles. The van der Waals surface area contributed by atoms with E-state index in [-0.39, 0.29) is 5.48 Å². The minimum atomic E-state index is 0. The van der Waals surface area contributed by atoms with Crippen LogP contribution < -0.4 is 0 Å². The Morgan fingerprint density at radius 2 is 0.762 bits per heavy atom. The zero-order chi connectivity index (χ0) is 14.9. The minimum absolute atomic E-state index is 0. The van der Waals surface area contributed by atoms with Crippen molar-refractivity contribution in [2.75, 3.05) is 20.6 Å². The molecule has 0 atom stereocenters. The number of nitrogens with zero attached hydrogens (tertiary/aromatic N) is 1. The Kier molecular flexibility index (Phi) is 22.0. The molecular formula is C19H43NO. The van der Waals surface area contributed by atoms with Crippen LogP contribution in [-0.2, 0) is 0 Å². The van der Waals surface area contributed by atoms with E-state index in [2.05, 4.69) is 25.9 Å². The van der Waals surface area contributed by atoms with E-state index in [0.29, 0.717) is 0 Å². The van der Waals surface area contributed by atoms with E-state index in [1.54, 1.807) is 0 Å². The first-order valence-corrected chi connectivity index (χ1v) is 9.42. The maximum absolute atomic E-state index is 2.29. The first-order valence-electron chi connectivity index (χ1n) is 9.42. The van der Waals surface area contributed by atoms with Crippen LogP contribution in [0.25, 0.3) is 0 Å². The zero-order valence-electron chi connectivity index (χ0n) is 15.3. The molecule has 2 heteroatoms. The quantitative estimate of drug-likeness (QED) is 0.342. The van der Waals surface area contributed by atoms with Gasteiger partial charge in [0.25, 0.3) is 0 Å². The third kappa shape index (κ3) is 22.3. The highest BCUT2D eigenvalue weighted by molar-refractivity contribution is 4.50. The fourth-order valence-corrected chi connectivity index (χ4v) is 2.80. The first kappa shape index (κ1) is 23.2. The molecule has 0 aromatic rings. The summed E-state index contributed by atoms with van der Waals surface area (Å²) in [5, 5.41) is 0. The maximum Gasteiger partial charge on any atom is -0.00248 e. The van der Waals surface area contributed by atoms with Crippen LogP contribution in [0.5, 0.6) is 0 Å². The average Bonchev–Trinajstić information content (AvgIpc) is 2.43. The van der Waals surface area contributed by atoms with Crippen molar-refractivity contribution >= 4 is 0 Å². The predicted molar refractivity (Wildman–Crippen MR) is 97.1 cm³/mol. The monoisotopic (exact) mass is 301 g/mol. The standard InChI is InChI=1S/C19H41N.H2O/c1-4-5-6-7-8-9-10-11-12-13-14-15-16-17-18-19-20(2)3;/h4-19H2,1-3H3;1H2. The van der Waals surface area contributed by atoms with Gasteiger partial charge in [-0.05, 0) is 27.1 Å². The summed E-state index contributed by atoms with van der Waals surface area (Å²) in [6, 6.07) is 0. The largest absolute Gasteiger partial charge is 0.412 e. The number of hydrogen-bond donors (Lipinski definition) is 0. The van der Waals surface area contributed by atoms with Crippen molar-refractivity contribution in [1.82, 2.24) is 4.90 Å². The van der Waals surface area contributed by atoms with Gasteiger partial charge in [0.1, 0.15) is 0 Å². The molecule has 2 nitrogen and oxygen atoms in total. The smallest absolute Gasteiger partial charge is 0.00248 e. The molecular weight excluding hydrogens is 258 g/mol. The van der Waals surface area contributed by atoms with E-state index in [4.69, 9.17) is 0 Å². The molecule has 0 amide bonds. The molecule has 0 saturated heterocycles. The van der Waals surface area contributed by atoms with Crippen molar-refractivity contribution in [3.8, 4) is 0 Å². The van der Waals surface area contributed by atoms with Gasteiger partial charge in [-0.15, -0.1) is 0 Å². The lowest BCUT2D eigenvalue weighted by molar-refractivity contribution is 0.389. The van der Waals surface area contributed by atoms with Gasteiger partial charge in [-0.1, -0.05) is 96.8 Å². The van der Waals surface area contributed by atoms with Gasteiger partial charge in [-0.25, -0.2) is 0 Å². The SMILES string of the molecule is CCCCCCCCCCCCCCCCCN(C)C.O. The fraction of sp³-hybridized carbons (Fsp3) is 1.00. The van der Waals surface area contributed by atoms with Gasteiger partial charge in [0.2, 0.25) is 0 Å². The highest BCUT2D eigenvalue weighted by Crippen LogP contribution is 2.13. The molecule has 0 aromatic heterocycles. The Bertz CT molecular complexity index is 171. The number of unbranched alkanes of at least 4 members (excludes halogenated alkanes) is 14. The molecule has 21 heavy (non-hydrogen) atoms. The maximum atomic E-state index is 2.29. The Balaban J connectivity index is 0. The second kappa shape index (κ2) is 19.9. The van der Waals surface area contributed by atoms with E-state index in [9.17, 15) is 0 Å². The van der Waals surface area contributed by atoms with Gasteiger partial charge in [-0.2, -0.15) is 0 Å². The van der Waals surface area contributed by atoms with Gasteiger partial charge in [0.05, 0.1) is 0 Å². The first-order chi connectivity index (χ1) is 9.77. The average molecular weight is 302 g/mol. The van der Waals surface area contributed by atoms with Gasteiger partial charge >= 0.3 is 0 Å². The third-order valence-electron chi connectivity index (χ3n) is 4.21. The molecule has 0 fully saturated rings. The third-order valence-corrected chi connectivity index (χ3v) is 4.21. The van der Waals surface area contributed by atoms with Gasteiger partial charge in [-0.3, -0.25) is 0 Å². The lowest BCUT2D eigenvalue weighted by atomic mass is 10.0. The Morgan fingerprint density at radius 1 is 0.476 bits per heavy atom. The number of rotatable bonds is 16. The second-order valence-corrected chi connectivity index (χ2v) is 6.75. The molecule has 0 heterocycles. The normalized spacial score (nSPS) is 10.9. The molecule has 0 aliphatic heterocycles. The molecule has 2 N–H and O–H groups in total. The molecule has 0 unspecified atom stereocenters. The predicted octanol–water partition coefficient (Wildman–Crippen LogP) is 5.59. The van der Waals surface area contributed by atoms with Crippen molar-refractivity contribution in [2.45, 2.75) is 103 Å². The summed E-state index contributed by atoms with van der Waals surface area (Å²) in [4.78, 5) is 2.29. The van der Waals surface area contributed by atoms with Crippen molar-refractivity contribution in [1.29, 1.82) is 0 Å². The number of hydrogen-bond acceptors (Lipinski definition) is 1. The Hall–Kier alpha value is -0.0800. The van der Waals surface area contributed by atoms with Crippen LogP contribution in [0.3, 0.4) is 0 Å². The summed E-state index contributed by atoms with van der Waals surface area (Å²) in [5.41, 5.74) is 0. The molecule has 0 aliphatic rings. The molecule has 0 rings (SSSR count). The van der Waals surface area contributed by atoms with Crippen molar-refractivity contribution in [3.05, 3.63) is 0 Å². The molecule has 130 valence electrons. The fourth-order valence-electron chi connectivity index (χ4n) is 2.80. The van der Waals surface area contributed by atoms with Crippen LogP contribution in [0.15, 0.2) is 0 Å². The summed E-state index contributed by atoms with van der Waals surface area (Å²) in [6.45, 7) is 3.56. The summed E-state index contributed by atoms with van der Waals surface area (Å²) < 4.78 is 0. The summed E-state index contributed by atoms with van der Waals surface area (Å²) in [5.74, 6) is 0. The minimum Gasteiger partial charge on any atom is -0.412 e. The zero-order valence-corrected chi connectivity index (χ0v) is 15.3. The van der Waals surface area contributed by atoms with Crippen LogP contribution in [0, 0.1) is 0 Å². The lowest BCUT2D eigenvalue weighted by Crippen LogP contribution is -2.12. The van der Waals surface area contributed by atoms with Crippen LogP contribution >= 0.6 is 0 Å². The summed E-state index contributed by atoms with van der Waals surface area (Å²) in [7, 11) is 4.34. The van der Waals surface area contributed by atoms with Gasteiger partial charge in [0, 0.05) is 0 Å². The second-order valence-electron chi connectivity index (χ2n) is 6.75. The van der Waals surface area contributed by atoms with Crippen LogP contribution in [0.4, 0.5) is 0 Å². The molecule has 0 bridgehead atoms. The van der Waals surface area contributed by atoms with Crippen molar-refractivity contribution in [3.63, 3.8) is 0 Å². The topological polar surface area (TPSA) is 34.7 Å². The lowest BCUT2D eigenvalue weighted by Gasteiger charge is -2.08. The molecule has 0 aliphatic carbocycles. The molecule has 0 radical (unpaired) electrons. The highest BCUT2D eigenvalue weighted by atomic mass is 16.0. The summed E-state index contributed by atoms with van der Waals surface area (Å²) >= 11 is 0. The van der Waals surface area contributed by atoms with Gasteiger partial charge < -0.3 is 10.4 Å². The van der Waals surface area contributed by atoms with Crippen molar-refractivity contribution in [2.24, 2.45) is 0 Å². The Morgan fingerprint density at radius 3 is 1.05 bits per heavy atom.